The molecule has 1 aliphatic carbocycles. The van der Waals surface area contributed by atoms with E-state index >= 15 is 0 Å². The van der Waals surface area contributed by atoms with E-state index in [4.69, 9.17) is 4.74 Å². The molecule has 2 rings (SSSR count). The van der Waals surface area contributed by atoms with Crippen LogP contribution in [0.2, 0.25) is 0 Å². The third kappa shape index (κ3) is 4.37. The third-order valence-corrected chi connectivity index (χ3v) is 3.84. The highest BCUT2D eigenvalue weighted by molar-refractivity contribution is 5.78. The summed E-state index contributed by atoms with van der Waals surface area (Å²) in [6, 6.07) is 9.74. The van der Waals surface area contributed by atoms with Gasteiger partial charge in [-0.05, 0) is 38.2 Å². The van der Waals surface area contributed by atoms with Crippen molar-refractivity contribution in [3.63, 3.8) is 0 Å². The number of carbonyl (C=O) groups is 2. The second kappa shape index (κ2) is 7.08. The molecule has 0 aliphatic heterocycles. The van der Waals surface area contributed by atoms with Crippen LogP contribution in [0.5, 0.6) is 0 Å². The molecule has 1 amide bonds. The molecule has 1 aromatic carbocycles. The normalized spacial score (nSPS) is 22.1. The zero-order valence-corrected chi connectivity index (χ0v) is 11.8. The fourth-order valence-corrected chi connectivity index (χ4v) is 2.58. The molecule has 0 bridgehead atoms. The zero-order chi connectivity index (χ0) is 14.4. The van der Waals surface area contributed by atoms with Crippen LogP contribution >= 0.6 is 0 Å². The first kappa shape index (κ1) is 14.6. The molecular formula is C16H21NO3. The Morgan fingerprint density at radius 1 is 1.15 bits per heavy atom. The van der Waals surface area contributed by atoms with Crippen molar-refractivity contribution in [2.24, 2.45) is 5.92 Å². The first-order chi connectivity index (χ1) is 9.65. The van der Waals surface area contributed by atoms with E-state index in [2.05, 4.69) is 5.32 Å². The summed E-state index contributed by atoms with van der Waals surface area (Å²) < 4.78 is 5.19. The standard InChI is InChI=1S/C16H21NO3/c1-12(18)14-7-9-15(10-8-14)17-16(19)20-11-13-5-3-2-4-6-13/h2-6,14-15H,7-11H2,1H3,(H,17,19). The summed E-state index contributed by atoms with van der Waals surface area (Å²) in [6.45, 7) is 1.93. The number of benzene rings is 1. The van der Waals surface area contributed by atoms with Gasteiger partial charge in [-0.25, -0.2) is 4.79 Å². The van der Waals surface area contributed by atoms with Crippen LogP contribution in [0.25, 0.3) is 0 Å². The number of ether oxygens (including phenoxy) is 1. The van der Waals surface area contributed by atoms with Gasteiger partial charge in [0.05, 0.1) is 0 Å². The van der Waals surface area contributed by atoms with Gasteiger partial charge in [0.2, 0.25) is 0 Å². The van der Waals surface area contributed by atoms with E-state index in [0.717, 1.165) is 31.2 Å². The number of ketones is 1. The quantitative estimate of drug-likeness (QED) is 0.918. The molecule has 4 nitrogen and oxygen atoms in total. The summed E-state index contributed by atoms with van der Waals surface area (Å²) in [5.41, 5.74) is 0.975. The average Bonchev–Trinajstić information content (AvgIpc) is 2.47. The zero-order valence-electron chi connectivity index (χ0n) is 11.8. The molecule has 0 heterocycles. The minimum absolute atomic E-state index is 0.133. The van der Waals surface area contributed by atoms with Crippen LogP contribution in [0.1, 0.15) is 38.2 Å². The van der Waals surface area contributed by atoms with Crippen LogP contribution in [-0.2, 0) is 16.1 Å². The van der Waals surface area contributed by atoms with Crippen molar-refractivity contribution >= 4 is 11.9 Å². The smallest absolute Gasteiger partial charge is 0.407 e. The van der Waals surface area contributed by atoms with Gasteiger partial charge in [0.1, 0.15) is 12.4 Å². The van der Waals surface area contributed by atoms with Gasteiger partial charge < -0.3 is 10.1 Å². The van der Waals surface area contributed by atoms with Crippen LogP contribution < -0.4 is 5.32 Å². The van der Waals surface area contributed by atoms with Gasteiger partial charge in [-0.1, -0.05) is 30.3 Å². The number of Topliss-reactive ketones (excluding diaryl/α,β-unsaturated/α-hetero) is 1. The van der Waals surface area contributed by atoms with Crippen LogP contribution in [0.4, 0.5) is 4.79 Å². The van der Waals surface area contributed by atoms with Gasteiger partial charge in [0.15, 0.2) is 0 Å². The predicted molar refractivity (Wildman–Crippen MR) is 76.2 cm³/mol. The molecule has 0 radical (unpaired) electrons. The molecule has 108 valence electrons. The lowest BCUT2D eigenvalue weighted by atomic mass is 9.84. The number of rotatable bonds is 4. The molecule has 0 atom stereocenters. The molecule has 4 heteroatoms. The van der Waals surface area contributed by atoms with Crippen molar-refractivity contribution in [1.82, 2.24) is 5.32 Å². The first-order valence-electron chi connectivity index (χ1n) is 7.13. The van der Waals surface area contributed by atoms with Crippen LogP contribution in [0.3, 0.4) is 0 Å². The van der Waals surface area contributed by atoms with Gasteiger partial charge in [-0.15, -0.1) is 0 Å². The van der Waals surface area contributed by atoms with Gasteiger partial charge in [-0.3, -0.25) is 4.79 Å². The Morgan fingerprint density at radius 2 is 1.80 bits per heavy atom. The number of hydrogen-bond acceptors (Lipinski definition) is 3. The molecule has 0 unspecified atom stereocenters. The molecule has 1 aliphatic rings. The Kier molecular flexibility index (Phi) is 5.16. The number of alkyl carbamates (subject to hydrolysis) is 1. The third-order valence-electron chi connectivity index (χ3n) is 3.84. The average molecular weight is 275 g/mol. The first-order valence-corrected chi connectivity index (χ1v) is 7.13. The Hall–Kier alpha value is -1.84. The summed E-state index contributed by atoms with van der Waals surface area (Å²) in [5.74, 6) is 0.434. The maximum absolute atomic E-state index is 11.7. The summed E-state index contributed by atoms with van der Waals surface area (Å²) in [6.07, 6.45) is 3.05. The van der Waals surface area contributed by atoms with Gasteiger partial charge in [0.25, 0.3) is 0 Å². The van der Waals surface area contributed by atoms with Crippen molar-refractivity contribution in [3.05, 3.63) is 35.9 Å². The van der Waals surface area contributed by atoms with Gasteiger partial charge >= 0.3 is 6.09 Å². The highest BCUT2D eigenvalue weighted by Crippen LogP contribution is 2.24. The second-order valence-corrected chi connectivity index (χ2v) is 5.37. The van der Waals surface area contributed by atoms with E-state index in [-0.39, 0.29) is 30.4 Å². The molecule has 1 N–H and O–H groups in total. The Labute approximate surface area is 119 Å². The summed E-state index contributed by atoms with van der Waals surface area (Å²) >= 11 is 0. The maximum Gasteiger partial charge on any atom is 0.407 e. The number of amides is 1. The monoisotopic (exact) mass is 275 g/mol. The molecule has 20 heavy (non-hydrogen) atoms. The van der Waals surface area contributed by atoms with Crippen molar-refractivity contribution in [2.45, 2.75) is 45.3 Å². The topological polar surface area (TPSA) is 55.4 Å². The van der Waals surface area contributed by atoms with Crippen molar-refractivity contribution < 1.29 is 14.3 Å². The lowest BCUT2D eigenvalue weighted by Crippen LogP contribution is -2.38. The second-order valence-electron chi connectivity index (χ2n) is 5.37. The Bertz CT molecular complexity index is 450. The van der Waals surface area contributed by atoms with E-state index in [0.29, 0.717) is 0 Å². The minimum Gasteiger partial charge on any atom is -0.445 e. The van der Waals surface area contributed by atoms with Crippen LogP contribution in [0, 0.1) is 5.92 Å². The lowest BCUT2D eigenvalue weighted by molar-refractivity contribution is -0.121. The molecule has 0 saturated heterocycles. The molecule has 0 aromatic heterocycles. The van der Waals surface area contributed by atoms with Crippen molar-refractivity contribution in [2.75, 3.05) is 0 Å². The van der Waals surface area contributed by atoms with Crippen molar-refractivity contribution in [1.29, 1.82) is 0 Å². The SMILES string of the molecule is CC(=O)C1CCC(NC(=O)OCc2ccccc2)CC1. The fourth-order valence-electron chi connectivity index (χ4n) is 2.58. The van der Waals surface area contributed by atoms with E-state index < -0.39 is 0 Å². The highest BCUT2D eigenvalue weighted by Gasteiger charge is 2.25. The molecular weight excluding hydrogens is 254 g/mol. The molecule has 1 aromatic rings. The molecule has 1 fully saturated rings. The van der Waals surface area contributed by atoms with E-state index in [1.54, 1.807) is 6.92 Å². The maximum atomic E-state index is 11.7. The highest BCUT2D eigenvalue weighted by atomic mass is 16.5. The van der Waals surface area contributed by atoms with E-state index in [1.807, 2.05) is 30.3 Å². The Balaban J connectivity index is 1.69. The van der Waals surface area contributed by atoms with Crippen LogP contribution in [-0.4, -0.2) is 17.9 Å². The van der Waals surface area contributed by atoms with Gasteiger partial charge in [0, 0.05) is 12.0 Å². The minimum atomic E-state index is -0.375. The van der Waals surface area contributed by atoms with E-state index in [9.17, 15) is 9.59 Å². The lowest BCUT2D eigenvalue weighted by Gasteiger charge is -2.27. The summed E-state index contributed by atoms with van der Waals surface area (Å²) in [7, 11) is 0. The molecule has 0 spiro atoms. The van der Waals surface area contributed by atoms with E-state index in [1.165, 1.54) is 0 Å². The van der Waals surface area contributed by atoms with Gasteiger partial charge in [-0.2, -0.15) is 0 Å². The van der Waals surface area contributed by atoms with Crippen molar-refractivity contribution in [3.8, 4) is 0 Å². The fraction of sp³-hybridized carbons (Fsp3) is 0.500. The number of nitrogens with one attached hydrogen (secondary N) is 1. The van der Waals surface area contributed by atoms with Crippen LogP contribution in [0.15, 0.2) is 30.3 Å². The predicted octanol–water partition coefficient (Wildman–Crippen LogP) is 3.06. The molecule has 1 saturated carbocycles. The summed E-state index contributed by atoms with van der Waals surface area (Å²) in [4.78, 5) is 23.0. The Morgan fingerprint density at radius 3 is 2.40 bits per heavy atom. The summed E-state index contributed by atoms with van der Waals surface area (Å²) in [5, 5.41) is 2.88. The number of hydrogen-bond donors (Lipinski definition) is 1. The largest absolute Gasteiger partial charge is 0.445 e. The number of carbonyl (C=O) groups excluding carboxylic acids is 2.